The summed E-state index contributed by atoms with van der Waals surface area (Å²) in [4.78, 5) is 11.2. The van der Waals surface area contributed by atoms with Gasteiger partial charge in [0.1, 0.15) is 0 Å². The summed E-state index contributed by atoms with van der Waals surface area (Å²) >= 11 is 5.24. The molecule has 0 aliphatic carbocycles. The lowest BCUT2D eigenvalue weighted by atomic mass is 10.2. The predicted octanol–water partition coefficient (Wildman–Crippen LogP) is 3.40. The Bertz CT molecular complexity index is 458. The molecule has 4 heteroatoms. The second kappa shape index (κ2) is 7.47. The Morgan fingerprint density at radius 3 is 3.06 bits per heavy atom. The molecule has 0 aliphatic heterocycles. The lowest BCUT2D eigenvalue weighted by molar-refractivity contribution is -0.136. The van der Waals surface area contributed by atoms with Crippen LogP contribution in [0.2, 0.25) is 0 Å². The first kappa shape index (κ1) is 13.3. The van der Waals surface area contributed by atoms with Crippen LogP contribution >= 0.6 is 38.5 Å². The number of rotatable bonds is 3. The molecule has 16 heavy (non-hydrogen) atoms. The molecule has 0 N–H and O–H groups in total. The molecule has 0 saturated carbocycles. The third kappa shape index (κ3) is 5.33. The highest BCUT2D eigenvalue weighted by Crippen LogP contribution is 2.12. The number of carbonyl (C=O) groups excluding carboxylic acids is 1. The molecule has 0 aromatic heterocycles. The molecule has 1 rings (SSSR count). The average Bonchev–Trinajstić information content (AvgIpc) is 2.27. The van der Waals surface area contributed by atoms with Crippen molar-refractivity contribution in [1.82, 2.24) is 0 Å². The topological polar surface area (TPSA) is 26.3 Å². The molecule has 0 bridgehead atoms. The van der Waals surface area contributed by atoms with Crippen molar-refractivity contribution in [2.45, 2.75) is 0 Å². The predicted molar refractivity (Wildman–Crippen MR) is 75.9 cm³/mol. The molecule has 82 valence electrons. The average molecular weight is 391 g/mol. The number of benzene rings is 1. The van der Waals surface area contributed by atoms with Crippen LogP contribution in [0.3, 0.4) is 0 Å². The Hall–Kier alpha value is -0.800. The fraction of sp³-hybridized carbons (Fsp3) is 0.0833. The van der Waals surface area contributed by atoms with E-state index >= 15 is 0 Å². The van der Waals surface area contributed by atoms with Gasteiger partial charge in [-0.05, 0) is 27.7 Å². The van der Waals surface area contributed by atoms with Gasteiger partial charge in [0, 0.05) is 33.1 Å². The van der Waals surface area contributed by atoms with Gasteiger partial charge in [-0.25, -0.2) is 4.79 Å². The van der Waals surface area contributed by atoms with E-state index in [2.05, 4.69) is 25.8 Å². The first-order valence-corrected chi connectivity index (χ1v) is 6.28. The molecule has 0 aliphatic rings. The van der Waals surface area contributed by atoms with Crippen LogP contribution in [0, 0.1) is 9.85 Å². The zero-order valence-corrected chi connectivity index (χ0v) is 12.0. The highest BCUT2D eigenvalue weighted by Gasteiger charge is 1.94. The summed E-state index contributed by atoms with van der Waals surface area (Å²) in [5.74, 6) is 2.25. The maximum Gasteiger partial charge on any atom is 0.331 e. The number of esters is 1. The van der Waals surface area contributed by atoms with Crippen molar-refractivity contribution < 1.29 is 9.53 Å². The minimum atomic E-state index is -0.390. The van der Waals surface area contributed by atoms with E-state index in [0.717, 1.165) is 10.0 Å². The normalized spacial score (nSPS) is 9.62. The molecule has 0 heterocycles. The van der Waals surface area contributed by atoms with E-state index in [4.69, 9.17) is 4.74 Å². The third-order valence-electron chi connectivity index (χ3n) is 1.61. The molecule has 1 aromatic carbocycles. The molecule has 2 nitrogen and oxygen atoms in total. The van der Waals surface area contributed by atoms with Crippen LogP contribution < -0.4 is 0 Å². The summed E-state index contributed by atoms with van der Waals surface area (Å²) in [5.41, 5.74) is 0.936. The van der Waals surface area contributed by atoms with E-state index in [9.17, 15) is 4.79 Å². The molecule has 0 amide bonds. The van der Waals surface area contributed by atoms with Gasteiger partial charge < -0.3 is 4.74 Å². The Morgan fingerprint density at radius 2 is 2.38 bits per heavy atom. The molecule has 0 saturated heterocycles. The van der Waals surface area contributed by atoms with Gasteiger partial charge in [0.15, 0.2) is 6.61 Å². The Kier molecular flexibility index (Phi) is 6.19. The summed E-state index contributed by atoms with van der Waals surface area (Å²) in [5, 5.41) is 0. The van der Waals surface area contributed by atoms with Crippen molar-refractivity contribution in [2.75, 3.05) is 6.61 Å². The highest BCUT2D eigenvalue weighted by atomic mass is 127. The molecule has 0 spiro atoms. The van der Waals surface area contributed by atoms with Gasteiger partial charge in [0.25, 0.3) is 0 Å². The number of ether oxygens (including phenoxy) is 1. The molecule has 0 radical (unpaired) electrons. The van der Waals surface area contributed by atoms with E-state index in [1.165, 1.54) is 6.08 Å². The van der Waals surface area contributed by atoms with E-state index < -0.39 is 0 Å². The summed E-state index contributed by atoms with van der Waals surface area (Å²) in [7, 11) is 0. The van der Waals surface area contributed by atoms with E-state index in [1.54, 1.807) is 6.08 Å². The summed E-state index contributed by atoms with van der Waals surface area (Å²) in [6, 6.07) is 7.63. The quantitative estimate of drug-likeness (QED) is 0.342. The summed E-state index contributed by atoms with van der Waals surface area (Å²) < 4.78 is 8.41. The van der Waals surface area contributed by atoms with Crippen LogP contribution in [0.15, 0.2) is 34.8 Å². The zero-order valence-electron chi connectivity index (χ0n) is 8.24. The van der Waals surface area contributed by atoms with Crippen molar-refractivity contribution in [3.8, 4) is 9.85 Å². The Labute approximate surface area is 116 Å². The summed E-state index contributed by atoms with van der Waals surface area (Å²) in [6.07, 6.45) is 3.08. The van der Waals surface area contributed by atoms with Crippen LogP contribution in [-0.4, -0.2) is 12.6 Å². The fourth-order valence-electron chi connectivity index (χ4n) is 0.957. The van der Waals surface area contributed by atoms with Crippen LogP contribution in [0.1, 0.15) is 5.56 Å². The van der Waals surface area contributed by atoms with Crippen molar-refractivity contribution in [2.24, 2.45) is 0 Å². The Balaban J connectivity index is 2.52. The fourth-order valence-corrected chi connectivity index (χ4v) is 1.53. The van der Waals surface area contributed by atoms with Crippen LogP contribution in [0.4, 0.5) is 0 Å². The minimum Gasteiger partial charge on any atom is -0.449 e. The summed E-state index contributed by atoms with van der Waals surface area (Å²) in [6.45, 7) is 0.130. The highest BCUT2D eigenvalue weighted by molar-refractivity contribution is 14.1. The second-order valence-electron chi connectivity index (χ2n) is 2.77. The van der Waals surface area contributed by atoms with Crippen molar-refractivity contribution >= 4 is 50.6 Å². The lowest BCUT2D eigenvalue weighted by Gasteiger charge is -1.95. The van der Waals surface area contributed by atoms with Gasteiger partial charge in [-0.1, -0.05) is 34.0 Å². The molecule has 0 unspecified atom stereocenters. The van der Waals surface area contributed by atoms with E-state index in [0.29, 0.717) is 0 Å². The second-order valence-corrected chi connectivity index (χ2v) is 4.22. The van der Waals surface area contributed by atoms with Crippen molar-refractivity contribution in [3.05, 3.63) is 40.4 Å². The maximum atomic E-state index is 11.2. The molecule has 0 atom stereocenters. The number of carbonyl (C=O) groups is 1. The van der Waals surface area contributed by atoms with Crippen LogP contribution in [0.25, 0.3) is 6.08 Å². The van der Waals surface area contributed by atoms with Gasteiger partial charge in [-0.3, -0.25) is 0 Å². The van der Waals surface area contributed by atoms with E-state index in [-0.39, 0.29) is 12.6 Å². The van der Waals surface area contributed by atoms with E-state index in [1.807, 2.05) is 46.9 Å². The largest absolute Gasteiger partial charge is 0.449 e. The van der Waals surface area contributed by atoms with Gasteiger partial charge in [-0.15, -0.1) is 0 Å². The van der Waals surface area contributed by atoms with Crippen molar-refractivity contribution in [1.29, 1.82) is 0 Å². The van der Waals surface area contributed by atoms with Crippen LogP contribution in [-0.2, 0) is 9.53 Å². The number of hydrogen-bond donors (Lipinski definition) is 0. The Morgan fingerprint density at radius 1 is 1.56 bits per heavy atom. The van der Waals surface area contributed by atoms with Gasteiger partial charge in [0.2, 0.25) is 0 Å². The lowest BCUT2D eigenvalue weighted by Crippen LogP contribution is -1.99. The molecular weight excluding hydrogens is 383 g/mol. The molecule has 0 fully saturated rings. The molecule has 1 aromatic rings. The zero-order chi connectivity index (χ0) is 11.8. The van der Waals surface area contributed by atoms with Gasteiger partial charge in [-0.2, -0.15) is 0 Å². The smallest absolute Gasteiger partial charge is 0.331 e. The minimum absolute atomic E-state index is 0.130. The molecular formula is C12H8BrIO2. The first-order valence-electron chi connectivity index (χ1n) is 4.41. The van der Waals surface area contributed by atoms with Crippen molar-refractivity contribution in [3.63, 3.8) is 0 Å². The standard InChI is InChI=1S/C12H8BrIO2/c13-11-4-1-3-10(9-11)5-6-12(15)16-8-2-7-14/h1,3-6,9H,8H2. The number of halogens is 2. The third-order valence-corrected chi connectivity index (χ3v) is 2.49. The monoisotopic (exact) mass is 390 g/mol. The number of hydrogen-bond acceptors (Lipinski definition) is 2. The first-order chi connectivity index (χ1) is 7.72. The maximum absolute atomic E-state index is 11.2. The SMILES string of the molecule is O=C(C=Cc1cccc(Br)c1)OCC#CI. The van der Waals surface area contributed by atoms with Crippen LogP contribution in [0.5, 0.6) is 0 Å². The van der Waals surface area contributed by atoms with Gasteiger partial charge >= 0.3 is 5.97 Å². The van der Waals surface area contributed by atoms with Gasteiger partial charge in [0.05, 0.1) is 0 Å².